The van der Waals surface area contributed by atoms with Gasteiger partial charge in [0.05, 0.1) is 32.0 Å². The average molecular weight is 880 g/mol. The minimum atomic E-state index is -2.08. The van der Waals surface area contributed by atoms with E-state index in [2.05, 4.69) is 86.5 Å². The van der Waals surface area contributed by atoms with Gasteiger partial charge in [0.15, 0.2) is 28.1 Å². The summed E-state index contributed by atoms with van der Waals surface area (Å²) >= 11 is 0. The van der Waals surface area contributed by atoms with Crippen LogP contribution in [0.5, 0.6) is 17.2 Å². The summed E-state index contributed by atoms with van der Waals surface area (Å²) < 4.78 is 31.2. The topological polar surface area (TPSA) is 104 Å². The standard InChI is InChI=1S/C49H93NO8Si2/c1-15-17-19-21-23-25-27-29-32-41(57-59(11,12)48(3,4)5)38-50(35-31-34-45(51)56-46-43(54-9)36-40(47(52)53)37-44(46)55-10)39-42(58-60(13,14)49(6,7)8)33-30-28-26-24-22-20-18-16-2/h36-37,41-42H,15-35,38-39H2,1-14H3,(H,52,53). The van der Waals surface area contributed by atoms with Crippen molar-refractivity contribution in [3.63, 3.8) is 0 Å². The van der Waals surface area contributed by atoms with Gasteiger partial charge in [0.2, 0.25) is 5.75 Å². The van der Waals surface area contributed by atoms with Gasteiger partial charge in [-0.1, -0.05) is 158 Å². The lowest BCUT2D eigenvalue weighted by Crippen LogP contribution is -2.50. The second-order valence-electron chi connectivity index (χ2n) is 20.4. The van der Waals surface area contributed by atoms with E-state index in [0.717, 1.165) is 38.8 Å². The molecular formula is C49H93NO8Si2. The quantitative estimate of drug-likeness (QED) is 0.0314. The van der Waals surface area contributed by atoms with Crippen molar-refractivity contribution in [1.82, 2.24) is 4.90 Å². The van der Waals surface area contributed by atoms with E-state index in [1.54, 1.807) is 0 Å². The van der Waals surface area contributed by atoms with Gasteiger partial charge in [0.1, 0.15) is 0 Å². The summed E-state index contributed by atoms with van der Waals surface area (Å²) in [5.74, 6) is -1.18. The first-order valence-corrected chi connectivity index (χ1v) is 29.7. The minimum absolute atomic E-state index is 0.0120. The molecule has 0 aliphatic heterocycles. The Bertz CT molecular complexity index is 1260. The molecule has 1 aromatic carbocycles. The van der Waals surface area contributed by atoms with Crippen LogP contribution in [-0.4, -0.2) is 84.6 Å². The second kappa shape index (κ2) is 28.7. The molecule has 60 heavy (non-hydrogen) atoms. The van der Waals surface area contributed by atoms with Crippen molar-refractivity contribution in [3.8, 4) is 17.2 Å². The number of rotatable bonds is 34. The van der Waals surface area contributed by atoms with Crippen LogP contribution >= 0.6 is 0 Å². The highest BCUT2D eigenvalue weighted by molar-refractivity contribution is 6.74. The first-order chi connectivity index (χ1) is 28.1. The van der Waals surface area contributed by atoms with Crippen LogP contribution in [0.4, 0.5) is 0 Å². The lowest BCUT2D eigenvalue weighted by atomic mass is 10.0. The fraction of sp³-hybridized carbons (Fsp3) is 0.837. The number of nitrogens with zero attached hydrogens (tertiary/aromatic N) is 1. The first kappa shape index (κ1) is 56.1. The van der Waals surface area contributed by atoms with Crippen molar-refractivity contribution in [1.29, 1.82) is 0 Å². The Balaban J connectivity index is 3.39. The van der Waals surface area contributed by atoms with Crippen molar-refractivity contribution in [2.75, 3.05) is 33.9 Å². The molecule has 0 amide bonds. The van der Waals surface area contributed by atoms with Crippen LogP contribution in [0.25, 0.3) is 0 Å². The van der Waals surface area contributed by atoms with Gasteiger partial charge in [-0.05, 0) is 74.2 Å². The molecule has 0 heterocycles. The summed E-state index contributed by atoms with van der Waals surface area (Å²) in [6.45, 7) is 30.2. The first-order valence-electron chi connectivity index (χ1n) is 23.9. The number of carbonyl (C=O) groups excluding carboxylic acids is 1. The van der Waals surface area contributed by atoms with Crippen LogP contribution in [0.3, 0.4) is 0 Å². The highest BCUT2D eigenvalue weighted by atomic mass is 28.4. The van der Waals surface area contributed by atoms with Crippen LogP contribution < -0.4 is 14.2 Å². The number of carboxylic acids is 1. The zero-order chi connectivity index (χ0) is 45.4. The Morgan fingerprint density at radius 1 is 0.617 bits per heavy atom. The van der Waals surface area contributed by atoms with Crippen LogP contribution in [0, 0.1) is 0 Å². The Morgan fingerprint density at radius 3 is 1.32 bits per heavy atom. The van der Waals surface area contributed by atoms with Gasteiger partial charge in [-0.15, -0.1) is 0 Å². The third kappa shape index (κ3) is 21.9. The maximum atomic E-state index is 13.5. The van der Waals surface area contributed by atoms with Gasteiger partial charge in [0, 0.05) is 19.5 Å². The summed E-state index contributed by atoms with van der Waals surface area (Å²) in [6.07, 6.45) is 23.5. The number of unbranched alkanes of at least 4 members (excludes halogenated alkanes) is 14. The lowest BCUT2D eigenvalue weighted by molar-refractivity contribution is -0.134. The number of esters is 1. The zero-order valence-electron chi connectivity index (χ0n) is 41.3. The van der Waals surface area contributed by atoms with E-state index >= 15 is 0 Å². The SMILES string of the molecule is CCCCCCCCCCC(CN(CCCC(=O)Oc1c(OC)cc(C(=O)O)cc1OC)CC(CCCCCCCCCC)O[Si](C)(C)C(C)(C)C)O[Si](C)(C)C(C)(C)C. The molecule has 0 aliphatic carbocycles. The highest BCUT2D eigenvalue weighted by Gasteiger charge is 2.41. The molecule has 2 atom stereocenters. The maximum Gasteiger partial charge on any atom is 0.335 e. The maximum absolute atomic E-state index is 13.5. The van der Waals surface area contributed by atoms with E-state index < -0.39 is 28.6 Å². The Kier molecular flexibility index (Phi) is 26.8. The number of methoxy groups -OCH3 is 2. The number of hydrogen-bond acceptors (Lipinski definition) is 8. The molecule has 0 saturated heterocycles. The van der Waals surface area contributed by atoms with Crippen molar-refractivity contribution in [2.45, 2.75) is 232 Å². The van der Waals surface area contributed by atoms with Crippen molar-refractivity contribution in [3.05, 3.63) is 17.7 Å². The predicted molar refractivity (Wildman–Crippen MR) is 256 cm³/mol. The normalized spacial score (nSPS) is 13.7. The largest absolute Gasteiger partial charge is 0.493 e. The number of benzene rings is 1. The van der Waals surface area contributed by atoms with E-state index in [1.807, 2.05) is 0 Å². The van der Waals surface area contributed by atoms with Crippen molar-refractivity contribution in [2.24, 2.45) is 0 Å². The predicted octanol–water partition coefficient (Wildman–Crippen LogP) is 14.2. The van der Waals surface area contributed by atoms with E-state index in [0.29, 0.717) is 13.0 Å². The van der Waals surface area contributed by atoms with Crippen LogP contribution in [0.15, 0.2) is 12.1 Å². The average Bonchev–Trinajstić information content (AvgIpc) is 3.15. The zero-order valence-corrected chi connectivity index (χ0v) is 43.3. The highest BCUT2D eigenvalue weighted by Crippen LogP contribution is 2.41. The molecule has 0 bridgehead atoms. The minimum Gasteiger partial charge on any atom is -0.493 e. The molecule has 2 unspecified atom stereocenters. The molecule has 1 rings (SSSR count). The van der Waals surface area contributed by atoms with Gasteiger partial charge in [-0.3, -0.25) is 9.69 Å². The van der Waals surface area contributed by atoms with Gasteiger partial charge in [0.25, 0.3) is 0 Å². The third-order valence-corrected chi connectivity index (χ3v) is 22.1. The second-order valence-corrected chi connectivity index (χ2v) is 29.9. The van der Waals surface area contributed by atoms with E-state index in [1.165, 1.54) is 116 Å². The lowest BCUT2D eigenvalue weighted by Gasteiger charge is -2.42. The number of hydrogen-bond donors (Lipinski definition) is 1. The molecule has 0 fully saturated rings. The van der Waals surface area contributed by atoms with Gasteiger partial charge >= 0.3 is 11.9 Å². The number of aromatic carboxylic acids is 1. The van der Waals surface area contributed by atoms with Crippen LogP contribution in [-0.2, 0) is 13.6 Å². The third-order valence-electron chi connectivity index (χ3n) is 13.0. The molecule has 0 aliphatic rings. The van der Waals surface area contributed by atoms with E-state index in [4.69, 9.17) is 23.1 Å². The van der Waals surface area contributed by atoms with E-state index in [9.17, 15) is 14.7 Å². The summed E-state index contributed by atoms with van der Waals surface area (Å²) in [6, 6.07) is 2.69. The molecule has 0 aromatic heterocycles. The van der Waals surface area contributed by atoms with Gasteiger partial charge < -0.3 is 28.2 Å². The Hall–Kier alpha value is -1.93. The van der Waals surface area contributed by atoms with Crippen LogP contribution in [0.1, 0.15) is 194 Å². The summed E-state index contributed by atoms with van der Waals surface area (Å²) in [4.78, 5) is 27.7. The molecular weight excluding hydrogens is 787 g/mol. The molecule has 1 N–H and O–H groups in total. The fourth-order valence-electron chi connectivity index (χ4n) is 7.12. The van der Waals surface area contributed by atoms with Gasteiger partial charge in [-0.25, -0.2) is 4.79 Å². The molecule has 0 radical (unpaired) electrons. The number of carboxylic acid groups (broad SMARTS) is 1. The van der Waals surface area contributed by atoms with Crippen LogP contribution in [0.2, 0.25) is 36.3 Å². The molecule has 9 nitrogen and oxygen atoms in total. The number of carbonyl (C=O) groups is 2. The van der Waals surface area contributed by atoms with E-state index in [-0.39, 0.29) is 51.5 Å². The summed E-state index contributed by atoms with van der Waals surface area (Å²) in [5, 5.41) is 9.76. The smallest absolute Gasteiger partial charge is 0.335 e. The number of ether oxygens (including phenoxy) is 3. The molecule has 0 saturated carbocycles. The molecule has 11 heteroatoms. The molecule has 350 valence electrons. The Morgan fingerprint density at radius 2 is 0.983 bits per heavy atom. The van der Waals surface area contributed by atoms with Gasteiger partial charge in [-0.2, -0.15) is 0 Å². The molecule has 1 aromatic rings. The van der Waals surface area contributed by atoms with Crippen molar-refractivity contribution >= 4 is 28.6 Å². The molecule has 0 spiro atoms. The van der Waals surface area contributed by atoms with Crippen molar-refractivity contribution < 1.29 is 37.8 Å². The Labute approximate surface area is 371 Å². The summed E-state index contributed by atoms with van der Waals surface area (Å²) in [5.41, 5.74) is -0.0120. The fourth-order valence-corrected chi connectivity index (χ4v) is 9.88. The summed E-state index contributed by atoms with van der Waals surface area (Å²) in [7, 11) is -1.32. The monoisotopic (exact) mass is 880 g/mol.